The van der Waals surface area contributed by atoms with Gasteiger partial charge in [-0.05, 0) is 61.9 Å². The Kier molecular flexibility index (Phi) is 4.94. The molecule has 0 radical (unpaired) electrons. The van der Waals surface area contributed by atoms with Gasteiger partial charge >= 0.3 is 0 Å². The van der Waals surface area contributed by atoms with Crippen LogP contribution in [0.1, 0.15) is 21.5 Å². The van der Waals surface area contributed by atoms with E-state index in [9.17, 15) is 4.79 Å². The molecule has 29 heavy (non-hydrogen) atoms. The lowest BCUT2D eigenvalue weighted by Crippen LogP contribution is -2.14. The van der Waals surface area contributed by atoms with E-state index >= 15 is 0 Å². The van der Waals surface area contributed by atoms with Crippen LogP contribution in [0.4, 0.5) is 5.69 Å². The van der Waals surface area contributed by atoms with E-state index in [0.29, 0.717) is 27.5 Å². The molecule has 1 heterocycles. The molecule has 6 nitrogen and oxygen atoms in total. The predicted octanol–water partition coefficient (Wildman–Crippen LogP) is 4.95. The number of aryl methyl sites for hydroxylation is 2. The van der Waals surface area contributed by atoms with E-state index in [0.717, 1.165) is 16.8 Å². The van der Waals surface area contributed by atoms with Crippen LogP contribution in [-0.2, 0) is 0 Å². The van der Waals surface area contributed by atoms with Gasteiger partial charge in [0.1, 0.15) is 16.8 Å². The summed E-state index contributed by atoms with van der Waals surface area (Å²) in [5.41, 5.74) is 5.37. The highest BCUT2D eigenvalue weighted by molar-refractivity contribution is 6.31. The molecule has 1 aromatic heterocycles. The summed E-state index contributed by atoms with van der Waals surface area (Å²) in [6.45, 7) is 3.94. The molecular formula is C22H19ClN4O2. The molecule has 0 aliphatic carbocycles. The Hall–Kier alpha value is -3.38. The number of benzene rings is 3. The number of ether oxygens (including phenoxy) is 1. The third-order valence-corrected chi connectivity index (χ3v) is 4.88. The Balaban J connectivity index is 1.68. The van der Waals surface area contributed by atoms with Gasteiger partial charge in [0.2, 0.25) is 0 Å². The quantitative estimate of drug-likeness (QED) is 0.520. The molecule has 0 aliphatic heterocycles. The summed E-state index contributed by atoms with van der Waals surface area (Å²) in [4.78, 5) is 14.4. The molecule has 0 unspecified atom stereocenters. The van der Waals surface area contributed by atoms with Crippen LogP contribution in [0.2, 0.25) is 5.02 Å². The third kappa shape index (κ3) is 3.79. The number of halogens is 1. The maximum absolute atomic E-state index is 12.8. The summed E-state index contributed by atoms with van der Waals surface area (Å²) in [5, 5.41) is 12.5. The monoisotopic (exact) mass is 406 g/mol. The summed E-state index contributed by atoms with van der Waals surface area (Å²) < 4.78 is 5.28. The summed E-state index contributed by atoms with van der Waals surface area (Å²) in [6, 6.07) is 16.6. The molecule has 1 N–H and O–H groups in total. The number of hydrogen-bond acceptors (Lipinski definition) is 4. The zero-order chi connectivity index (χ0) is 20.5. The van der Waals surface area contributed by atoms with Crippen molar-refractivity contribution in [1.82, 2.24) is 15.0 Å². The van der Waals surface area contributed by atoms with Crippen molar-refractivity contribution in [3.63, 3.8) is 0 Å². The third-order valence-electron chi connectivity index (χ3n) is 4.65. The molecule has 146 valence electrons. The molecule has 0 saturated carbocycles. The topological polar surface area (TPSA) is 69.0 Å². The van der Waals surface area contributed by atoms with E-state index in [2.05, 4.69) is 15.5 Å². The lowest BCUT2D eigenvalue weighted by atomic mass is 10.1. The zero-order valence-electron chi connectivity index (χ0n) is 16.2. The first-order valence-electron chi connectivity index (χ1n) is 9.04. The maximum Gasteiger partial charge on any atom is 0.259 e. The van der Waals surface area contributed by atoms with E-state index < -0.39 is 0 Å². The van der Waals surface area contributed by atoms with Crippen molar-refractivity contribution < 1.29 is 9.53 Å². The lowest BCUT2D eigenvalue weighted by Gasteiger charge is -2.11. The molecule has 0 spiro atoms. The first-order valence-corrected chi connectivity index (χ1v) is 9.42. The minimum absolute atomic E-state index is 0.308. The van der Waals surface area contributed by atoms with Gasteiger partial charge in [0.05, 0.1) is 18.4 Å². The molecule has 3 aromatic carbocycles. The first kappa shape index (κ1) is 19.0. The van der Waals surface area contributed by atoms with Crippen molar-refractivity contribution in [2.24, 2.45) is 0 Å². The number of anilines is 1. The van der Waals surface area contributed by atoms with Crippen LogP contribution in [0.15, 0.2) is 54.6 Å². The van der Waals surface area contributed by atoms with E-state index in [4.69, 9.17) is 16.3 Å². The fraction of sp³-hybridized carbons (Fsp3) is 0.136. The van der Waals surface area contributed by atoms with E-state index in [1.807, 2.05) is 50.2 Å². The molecule has 1 amide bonds. The maximum atomic E-state index is 12.8. The van der Waals surface area contributed by atoms with Crippen LogP contribution in [-0.4, -0.2) is 28.0 Å². The van der Waals surface area contributed by atoms with Crippen molar-refractivity contribution in [1.29, 1.82) is 0 Å². The molecule has 0 bridgehead atoms. The van der Waals surface area contributed by atoms with Gasteiger partial charge in [-0.15, -0.1) is 10.2 Å². The molecule has 0 aliphatic rings. The van der Waals surface area contributed by atoms with Crippen LogP contribution >= 0.6 is 11.6 Å². The fourth-order valence-corrected chi connectivity index (χ4v) is 3.22. The number of nitrogens with zero attached hydrogens (tertiary/aromatic N) is 3. The molecule has 7 heteroatoms. The first-order chi connectivity index (χ1) is 13.9. The Morgan fingerprint density at radius 3 is 2.38 bits per heavy atom. The molecule has 0 saturated heterocycles. The number of aromatic nitrogens is 3. The van der Waals surface area contributed by atoms with Gasteiger partial charge in [0.25, 0.3) is 5.91 Å². The number of rotatable bonds is 4. The van der Waals surface area contributed by atoms with Gasteiger partial charge in [0, 0.05) is 10.7 Å². The summed E-state index contributed by atoms with van der Waals surface area (Å²) in [5.74, 6) is 0.147. The number of nitrogens with one attached hydrogen (secondary N) is 1. The number of carbonyl (C=O) groups excluding carboxylic acids is 1. The minimum Gasteiger partial charge on any atom is -0.496 e. The van der Waals surface area contributed by atoms with E-state index in [-0.39, 0.29) is 5.91 Å². The normalized spacial score (nSPS) is 10.9. The van der Waals surface area contributed by atoms with Crippen molar-refractivity contribution >= 4 is 34.2 Å². The Bertz CT molecular complexity index is 1220. The highest BCUT2D eigenvalue weighted by Gasteiger charge is 2.16. The smallest absolute Gasteiger partial charge is 0.259 e. The van der Waals surface area contributed by atoms with Gasteiger partial charge in [-0.1, -0.05) is 29.3 Å². The van der Waals surface area contributed by atoms with Gasteiger partial charge < -0.3 is 10.1 Å². The lowest BCUT2D eigenvalue weighted by molar-refractivity contribution is 0.102. The van der Waals surface area contributed by atoms with Crippen molar-refractivity contribution in [2.45, 2.75) is 13.8 Å². The highest BCUT2D eigenvalue weighted by atomic mass is 35.5. The van der Waals surface area contributed by atoms with Gasteiger partial charge in [-0.25, -0.2) is 0 Å². The van der Waals surface area contributed by atoms with Crippen LogP contribution in [0, 0.1) is 13.8 Å². The Labute approximate surface area is 173 Å². The summed E-state index contributed by atoms with van der Waals surface area (Å²) >= 11 is 6.04. The second-order valence-electron chi connectivity index (χ2n) is 6.78. The van der Waals surface area contributed by atoms with Crippen molar-refractivity contribution in [3.05, 3.63) is 76.3 Å². The number of carbonyl (C=O) groups is 1. The van der Waals surface area contributed by atoms with Gasteiger partial charge in [0.15, 0.2) is 0 Å². The molecule has 4 aromatic rings. The summed E-state index contributed by atoms with van der Waals surface area (Å²) in [7, 11) is 1.51. The highest BCUT2D eigenvalue weighted by Crippen LogP contribution is 2.26. The van der Waals surface area contributed by atoms with Crippen LogP contribution in [0.3, 0.4) is 0 Å². The van der Waals surface area contributed by atoms with Crippen LogP contribution in [0.25, 0.3) is 16.7 Å². The largest absolute Gasteiger partial charge is 0.496 e. The fourth-order valence-electron chi connectivity index (χ4n) is 3.04. The van der Waals surface area contributed by atoms with Crippen LogP contribution < -0.4 is 10.1 Å². The predicted molar refractivity (Wildman–Crippen MR) is 114 cm³/mol. The number of fused-ring (bicyclic) bond motifs is 1. The van der Waals surface area contributed by atoms with Crippen LogP contribution in [0.5, 0.6) is 5.75 Å². The average molecular weight is 407 g/mol. The second kappa shape index (κ2) is 7.56. The SMILES string of the molecule is COc1ccc(Cl)cc1C(=O)Nc1cc2nn(-c3ccc(C)cc3)nc2cc1C. The van der Waals surface area contributed by atoms with E-state index in [1.165, 1.54) is 12.7 Å². The molecule has 4 rings (SSSR count). The number of hydrogen-bond donors (Lipinski definition) is 1. The number of methoxy groups -OCH3 is 1. The molecular weight excluding hydrogens is 388 g/mol. The number of amides is 1. The molecule has 0 fully saturated rings. The molecule has 0 atom stereocenters. The minimum atomic E-state index is -0.308. The average Bonchev–Trinajstić information content (AvgIpc) is 3.11. The van der Waals surface area contributed by atoms with E-state index in [1.54, 1.807) is 23.0 Å². The van der Waals surface area contributed by atoms with Gasteiger partial charge in [-0.3, -0.25) is 4.79 Å². The van der Waals surface area contributed by atoms with Crippen molar-refractivity contribution in [3.8, 4) is 11.4 Å². The Morgan fingerprint density at radius 1 is 1.00 bits per heavy atom. The van der Waals surface area contributed by atoms with Crippen molar-refractivity contribution in [2.75, 3.05) is 12.4 Å². The summed E-state index contributed by atoms with van der Waals surface area (Å²) in [6.07, 6.45) is 0. The zero-order valence-corrected chi connectivity index (χ0v) is 17.0. The standard InChI is InChI=1S/C22H19ClN4O2/c1-13-4-7-16(8-5-13)27-25-19-10-14(2)18(12-20(19)26-27)24-22(28)17-11-15(23)6-9-21(17)29-3/h4-12H,1-3H3,(H,24,28). The Morgan fingerprint density at radius 2 is 1.69 bits per heavy atom. The second-order valence-corrected chi connectivity index (χ2v) is 7.22. The van der Waals surface area contributed by atoms with Gasteiger partial charge in [-0.2, -0.15) is 4.80 Å².